The molecule has 0 aromatic heterocycles. The highest BCUT2D eigenvalue weighted by atomic mass is 16.7. The van der Waals surface area contributed by atoms with Crippen LogP contribution in [-0.2, 0) is 9.53 Å². The number of ether oxygens (including phenoxy) is 2. The molecule has 1 heterocycles. The number of aliphatic hydroxyl groups is 3. The Labute approximate surface area is 103 Å². The number of para-hydroxylation sites is 1. The number of hydrogen-bond acceptors (Lipinski definition) is 6. The fraction of sp³-hybridized carbons (Fsp3) is 0.417. The maximum Gasteiger partial charge on any atom is 0.263 e. The van der Waals surface area contributed by atoms with Crippen LogP contribution in [0.1, 0.15) is 0 Å². The van der Waals surface area contributed by atoms with Gasteiger partial charge in [-0.3, -0.25) is 4.79 Å². The molecule has 2 rings (SSSR count). The maximum atomic E-state index is 11.7. The Kier molecular flexibility index (Phi) is 3.93. The summed E-state index contributed by atoms with van der Waals surface area (Å²) in [6, 6.07) is 8.48. The number of ketones is 1. The van der Waals surface area contributed by atoms with E-state index < -0.39 is 37.0 Å². The summed E-state index contributed by atoms with van der Waals surface area (Å²) in [4.78, 5) is 11.7. The molecule has 1 aromatic carbocycles. The molecule has 1 saturated heterocycles. The Hall–Kier alpha value is -1.47. The third-order valence-electron chi connectivity index (χ3n) is 2.69. The van der Waals surface area contributed by atoms with Crippen molar-refractivity contribution in [1.29, 1.82) is 0 Å². The van der Waals surface area contributed by atoms with E-state index in [1.54, 1.807) is 30.3 Å². The number of carbonyl (C=O) groups is 1. The predicted octanol–water partition coefficient (Wildman–Crippen LogP) is -0.927. The van der Waals surface area contributed by atoms with Gasteiger partial charge in [0.1, 0.15) is 24.1 Å². The Morgan fingerprint density at radius 2 is 1.89 bits per heavy atom. The van der Waals surface area contributed by atoms with Crippen LogP contribution in [-0.4, -0.2) is 52.3 Å². The van der Waals surface area contributed by atoms with Crippen molar-refractivity contribution in [1.82, 2.24) is 0 Å². The van der Waals surface area contributed by atoms with Gasteiger partial charge in [-0.15, -0.1) is 0 Å². The maximum absolute atomic E-state index is 11.7. The van der Waals surface area contributed by atoms with Gasteiger partial charge in [0.15, 0.2) is 0 Å². The first-order valence-corrected chi connectivity index (χ1v) is 5.51. The molecule has 6 heteroatoms. The first kappa shape index (κ1) is 13.0. The fourth-order valence-corrected chi connectivity index (χ4v) is 1.68. The second-order valence-electron chi connectivity index (χ2n) is 3.96. The summed E-state index contributed by atoms with van der Waals surface area (Å²) in [5, 5.41) is 28.0. The van der Waals surface area contributed by atoms with Crippen molar-refractivity contribution in [2.24, 2.45) is 0 Å². The molecule has 1 aliphatic heterocycles. The molecule has 1 aromatic rings. The van der Waals surface area contributed by atoms with Crippen LogP contribution in [0.4, 0.5) is 0 Å². The lowest BCUT2D eigenvalue weighted by Gasteiger charge is -2.34. The molecular weight excluding hydrogens is 240 g/mol. The number of Topliss-reactive ketones (excluding diaryl/α,β-unsaturated/α-hetero) is 1. The van der Waals surface area contributed by atoms with Crippen molar-refractivity contribution < 1.29 is 29.6 Å². The Morgan fingerprint density at radius 3 is 2.50 bits per heavy atom. The van der Waals surface area contributed by atoms with Crippen LogP contribution in [0.3, 0.4) is 0 Å². The molecule has 1 aliphatic rings. The van der Waals surface area contributed by atoms with Crippen molar-refractivity contribution in [3.05, 3.63) is 30.3 Å². The monoisotopic (exact) mass is 254 g/mol. The number of benzene rings is 1. The highest BCUT2D eigenvalue weighted by Crippen LogP contribution is 2.21. The number of aliphatic hydroxyl groups excluding tert-OH is 3. The van der Waals surface area contributed by atoms with Gasteiger partial charge in [-0.1, -0.05) is 18.2 Å². The molecule has 1 fully saturated rings. The lowest BCUT2D eigenvalue weighted by Crippen LogP contribution is -2.57. The molecule has 4 atom stereocenters. The third-order valence-corrected chi connectivity index (χ3v) is 2.69. The lowest BCUT2D eigenvalue weighted by atomic mass is 10.0. The van der Waals surface area contributed by atoms with Crippen molar-refractivity contribution in [2.45, 2.75) is 24.6 Å². The van der Waals surface area contributed by atoms with Gasteiger partial charge in [0, 0.05) is 0 Å². The van der Waals surface area contributed by atoms with Gasteiger partial charge in [-0.25, -0.2) is 0 Å². The zero-order valence-corrected chi connectivity index (χ0v) is 9.47. The third kappa shape index (κ3) is 2.51. The van der Waals surface area contributed by atoms with Gasteiger partial charge in [0.25, 0.3) is 6.29 Å². The van der Waals surface area contributed by atoms with Crippen molar-refractivity contribution >= 4 is 5.78 Å². The van der Waals surface area contributed by atoms with Gasteiger partial charge >= 0.3 is 0 Å². The zero-order valence-electron chi connectivity index (χ0n) is 9.47. The van der Waals surface area contributed by atoms with Crippen LogP contribution in [0, 0.1) is 0 Å². The molecule has 0 bridgehead atoms. The molecule has 18 heavy (non-hydrogen) atoms. The van der Waals surface area contributed by atoms with E-state index in [-0.39, 0.29) is 0 Å². The number of hydrogen-bond donors (Lipinski definition) is 3. The van der Waals surface area contributed by atoms with Gasteiger partial charge in [-0.05, 0) is 12.1 Å². The topological polar surface area (TPSA) is 96.2 Å². The summed E-state index contributed by atoms with van der Waals surface area (Å²) in [5.41, 5.74) is 0. The second kappa shape index (κ2) is 5.45. The van der Waals surface area contributed by atoms with E-state index in [2.05, 4.69) is 0 Å². The standard InChI is InChI=1S/C12H14O6/c13-6-8-9(14)10(15)11(16)12(18-8)17-7-4-2-1-3-5-7/h1-5,8-10,12-15H,6H2/t8?,9-,10?,12+/m1/s1. The fourth-order valence-electron chi connectivity index (χ4n) is 1.68. The normalized spacial score (nSPS) is 32.3. The molecule has 3 N–H and O–H groups in total. The summed E-state index contributed by atoms with van der Waals surface area (Å²) in [5.74, 6) is -0.368. The largest absolute Gasteiger partial charge is 0.457 e. The van der Waals surface area contributed by atoms with Crippen molar-refractivity contribution in [3.8, 4) is 5.75 Å². The summed E-state index contributed by atoms with van der Waals surface area (Å²) in [6.45, 7) is -0.514. The van der Waals surface area contributed by atoms with Crippen LogP contribution in [0.15, 0.2) is 30.3 Å². The SMILES string of the molecule is O=C1C(O)[C@H](O)C(CO)O[C@@H]1Oc1ccccc1. The van der Waals surface area contributed by atoms with Gasteiger partial charge in [-0.2, -0.15) is 0 Å². The average molecular weight is 254 g/mol. The Bertz CT molecular complexity index is 406. The molecule has 2 unspecified atom stereocenters. The highest BCUT2D eigenvalue weighted by molar-refractivity contribution is 5.87. The molecule has 0 radical (unpaired) electrons. The van der Waals surface area contributed by atoms with E-state index in [1.165, 1.54) is 0 Å². The first-order chi connectivity index (χ1) is 8.63. The smallest absolute Gasteiger partial charge is 0.263 e. The molecule has 0 spiro atoms. The summed E-state index contributed by atoms with van der Waals surface area (Å²) in [6.07, 6.45) is -5.45. The summed E-state index contributed by atoms with van der Waals surface area (Å²) >= 11 is 0. The van der Waals surface area contributed by atoms with E-state index in [0.29, 0.717) is 5.75 Å². The minimum absolute atomic E-state index is 0.399. The molecule has 0 amide bonds. The molecule has 0 saturated carbocycles. The number of rotatable bonds is 3. The quantitative estimate of drug-likeness (QED) is 0.645. The van der Waals surface area contributed by atoms with Crippen LogP contribution >= 0.6 is 0 Å². The zero-order chi connectivity index (χ0) is 13.1. The summed E-state index contributed by atoms with van der Waals surface area (Å²) in [7, 11) is 0. The molecular formula is C12H14O6. The first-order valence-electron chi connectivity index (χ1n) is 5.51. The van der Waals surface area contributed by atoms with Gasteiger partial charge in [0.05, 0.1) is 6.61 Å². The Morgan fingerprint density at radius 1 is 1.22 bits per heavy atom. The molecule has 98 valence electrons. The average Bonchev–Trinajstić information content (AvgIpc) is 2.40. The predicted molar refractivity (Wildman–Crippen MR) is 59.8 cm³/mol. The van der Waals surface area contributed by atoms with Crippen molar-refractivity contribution in [2.75, 3.05) is 6.61 Å². The van der Waals surface area contributed by atoms with Crippen LogP contribution < -0.4 is 4.74 Å². The lowest BCUT2D eigenvalue weighted by molar-refractivity contribution is -0.219. The summed E-state index contributed by atoms with van der Waals surface area (Å²) < 4.78 is 10.4. The minimum Gasteiger partial charge on any atom is -0.457 e. The molecule has 0 aliphatic carbocycles. The second-order valence-corrected chi connectivity index (χ2v) is 3.96. The van der Waals surface area contributed by atoms with Gasteiger partial charge < -0.3 is 24.8 Å². The van der Waals surface area contributed by atoms with E-state index in [0.717, 1.165) is 0 Å². The van der Waals surface area contributed by atoms with E-state index in [4.69, 9.17) is 14.6 Å². The van der Waals surface area contributed by atoms with Gasteiger partial charge in [0.2, 0.25) is 5.78 Å². The van der Waals surface area contributed by atoms with E-state index >= 15 is 0 Å². The Balaban J connectivity index is 2.10. The highest BCUT2D eigenvalue weighted by Gasteiger charge is 2.44. The molecule has 6 nitrogen and oxygen atoms in total. The van der Waals surface area contributed by atoms with E-state index in [9.17, 15) is 15.0 Å². The van der Waals surface area contributed by atoms with Crippen LogP contribution in [0.2, 0.25) is 0 Å². The minimum atomic E-state index is -1.62. The number of carbonyl (C=O) groups excluding carboxylic acids is 1. The van der Waals surface area contributed by atoms with Crippen molar-refractivity contribution in [3.63, 3.8) is 0 Å². The van der Waals surface area contributed by atoms with E-state index in [1.807, 2.05) is 0 Å². The van der Waals surface area contributed by atoms with Crippen LogP contribution in [0.5, 0.6) is 5.75 Å². The van der Waals surface area contributed by atoms with Crippen LogP contribution in [0.25, 0.3) is 0 Å².